The smallest absolute Gasteiger partial charge is 0.262 e. The average Bonchev–Trinajstić information content (AvgIpc) is 3.39. The van der Waals surface area contributed by atoms with E-state index in [2.05, 4.69) is 12.1 Å². The van der Waals surface area contributed by atoms with Gasteiger partial charge in [0, 0.05) is 11.1 Å². The van der Waals surface area contributed by atoms with E-state index in [1.54, 1.807) is 24.3 Å². The van der Waals surface area contributed by atoms with Gasteiger partial charge in [-0.05, 0) is 126 Å². The zero-order chi connectivity index (χ0) is 46.5. The fourth-order valence-electron chi connectivity index (χ4n) is 10.2. The molecule has 11 aromatic carbocycles. The second kappa shape index (κ2) is 17.2. The highest BCUT2D eigenvalue weighted by atomic mass is 16.2. The molecular formula is C62H44N2O4. The van der Waals surface area contributed by atoms with Crippen molar-refractivity contribution >= 4 is 88.3 Å². The molecule has 0 saturated carbocycles. The van der Waals surface area contributed by atoms with Gasteiger partial charge in [0.05, 0.1) is 23.2 Å². The van der Waals surface area contributed by atoms with Crippen molar-refractivity contribution in [2.24, 2.45) is 0 Å². The third-order valence-corrected chi connectivity index (χ3v) is 13.5. The second-order valence-corrected chi connectivity index (χ2v) is 17.4. The van der Waals surface area contributed by atoms with Crippen LogP contribution in [0.1, 0.15) is 78.5 Å². The van der Waals surface area contributed by atoms with Gasteiger partial charge in [0.1, 0.15) is 0 Å². The Morgan fingerprint density at radius 2 is 0.559 bits per heavy atom. The summed E-state index contributed by atoms with van der Waals surface area (Å²) in [4.78, 5) is 64.4. The summed E-state index contributed by atoms with van der Waals surface area (Å²) in [6.45, 7) is 3.77. The molecule has 11 aromatic rings. The Labute approximate surface area is 393 Å². The molecule has 0 saturated heterocycles. The van der Waals surface area contributed by atoms with Crippen LogP contribution in [0.4, 0.5) is 0 Å². The normalized spacial score (nSPS) is 12.4. The molecule has 6 nitrogen and oxygen atoms in total. The number of hydrogen-bond acceptors (Lipinski definition) is 4. The molecule has 0 aromatic heterocycles. The molecular weight excluding hydrogens is 837 g/mol. The van der Waals surface area contributed by atoms with Crippen LogP contribution in [0.3, 0.4) is 0 Å². The van der Waals surface area contributed by atoms with E-state index in [0.717, 1.165) is 75.8 Å². The van der Waals surface area contributed by atoms with Crippen molar-refractivity contribution in [2.75, 3.05) is 0 Å². The van der Waals surface area contributed by atoms with Gasteiger partial charge >= 0.3 is 0 Å². The second-order valence-electron chi connectivity index (χ2n) is 17.4. The van der Waals surface area contributed by atoms with E-state index in [-0.39, 0.29) is 11.1 Å². The molecule has 4 amide bonds. The molecule has 2 atom stereocenters. The van der Waals surface area contributed by atoms with Crippen LogP contribution >= 0.6 is 0 Å². The number of imide groups is 2. The number of amides is 4. The number of carbonyl (C=O) groups is 4. The highest BCUT2D eigenvalue weighted by Gasteiger charge is 2.35. The van der Waals surface area contributed by atoms with E-state index in [4.69, 9.17) is 0 Å². The minimum atomic E-state index is -0.703. The van der Waals surface area contributed by atoms with E-state index >= 15 is 19.2 Å². The molecule has 0 N–H and O–H groups in total. The standard InChI is InChI=1S/C62H44N2O4/c1-39(49-31-15-23-41-17-3-9-25-51(41)49)63(61(67)57-53-27-11-5-19-45(53)37-46-20-6-12-28-54(46)57)59(65)43-33-35-44(36-34-43)60(66)64(40(2)50-32-16-24-42-18-4-10-26-52(42)50)62(68)58-55-29-13-7-21-47(55)38-48-22-8-14-30-56(48)58/h3-40H,1-2H3/t39-,40-/m0/s1. The van der Waals surface area contributed by atoms with Gasteiger partial charge in [-0.25, -0.2) is 0 Å². The fraction of sp³-hybridized carbons (Fsp3) is 0.0645. The van der Waals surface area contributed by atoms with Crippen molar-refractivity contribution in [1.82, 2.24) is 9.80 Å². The van der Waals surface area contributed by atoms with Crippen molar-refractivity contribution < 1.29 is 19.2 Å². The molecule has 0 fully saturated rings. The zero-order valence-electron chi connectivity index (χ0n) is 37.5. The van der Waals surface area contributed by atoms with Crippen molar-refractivity contribution in [1.29, 1.82) is 0 Å². The molecule has 0 aliphatic carbocycles. The summed E-state index contributed by atoms with van der Waals surface area (Å²) in [5.41, 5.74) is 2.93. The Kier molecular flexibility index (Phi) is 10.6. The lowest BCUT2D eigenvalue weighted by Gasteiger charge is -2.30. The lowest BCUT2D eigenvalue weighted by Crippen LogP contribution is -2.40. The first-order valence-electron chi connectivity index (χ1n) is 22.9. The molecule has 0 spiro atoms. The van der Waals surface area contributed by atoms with Crippen LogP contribution in [0.5, 0.6) is 0 Å². The first-order valence-corrected chi connectivity index (χ1v) is 22.9. The quantitative estimate of drug-likeness (QED) is 0.113. The molecule has 68 heavy (non-hydrogen) atoms. The van der Waals surface area contributed by atoms with E-state index in [0.29, 0.717) is 11.1 Å². The van der Waals surface area contributed by atoms with Crippen LogP contribution in [0.15, 0.2) is 218 Å². The topological polar surface area (TPSA) is 74.8 Å². The van der Waals surface area contributed by atoms with Gasteiger partial charge in [-0.1, -0.05) is 182 Å². The molecule has 0 bridgehead atoms. The summed E-state index contributed by atoms with van der Waals surface area (Å²) in [7, 11) is 0. The van der Waals surface area contributed by atoms with Gasteiger partial charge < -0.3 is 0 Å². The maximum absolute atomic E-state index is 15.5. The molecule has 0 aliphatic heterocycles. The fourth-order valence-corrected chi connectivity index (χ4v) is 10.2. The largest absolute Gasteiger partial charge is 0.269 e. The number of carbonyl (C=O) groups excluding carboxylic acids is 4. The van der Waals surface area contributed by atoms with E-state index in [1.807, 2.05) is 196 Å². The third-order valence-electron chi connectivity index (χ3n) is 13.5. The summed E-state index contributed by atoms with van der Waals surface area (Å²) in [5, 5.41) is 10.3. The molecule has 0 radical (unpaired) electrons. The zero-order valence-corrected chi connectivity index (χ0v) is 37.5. The van der Waals surface area contributed by atoms with Crippen LogP contribution in [0.2, 0.25) is 0 Å². The number of fused-ring (bicyclic) bond motifs is 6. The third kappa shape index (κ3) is 7.15. The number of rotatable bonds is 8. The highest BCUT2D eigenvalue weighted by molar-refractivity contribution is 6.24. The Morgan fingerprint density at radius 1 is 0.294 bits per heavy atom. The lowest BCUT2D eigenvalue weighted by molar-refractivity contribution is 0.0540. The summed E-state index contributed by atoms with van der Waals surface area (Å²) in [6, 6.07) is 67.8. The van der Waals surface area contributed by atoms with E-state index in [1.165, 1.54) is 9.80 Å². The average molecular weight is 881 g/mol. The van der Waals surface area contributed by atoms with Gasteiger partial charge in [-0.2, -0.15) is 0 Å². The van der Waals surface area contributed by atoms with Crippen LogP contribution in [-0.2, 0) is 0 Å². The number of nitrogens with zero attached hydrogens (tertiary/aromatic N) is 2. The Hall–Kier alpha value is -8.74. The van der Waals surface area contributed by atoms with Gasteiger partial charge in [0.25, 0.3) is 23.6 Å². The van der Waals surface area contributed by atoms with Crippen molar-refractivity contribution in [2.45, 2.75) is 25.9 Å². The first-order chi connectivity index (χ1) is 33.3. The van der Waals surface area contributed by atoms with Crippen LogP contribution < -0.4 is 0 Å². The summed E-state index contributed by atoms with van der Waals surface area (Å²) in [6.07, 6.45) is 0. The van der Waals surface area contributed by atoms with Gasteiger partial charge in [-0.15, -0.1) is 0 Å². The predicted molar refractivity (Wildman–Crippen MR) is 275 cm³/mol. The molecule has 0 heterocycles. The molecule has 11 rings (SSSR count). The molecule has 326 valence electrons. The molecule has 0 aliphatic rings. The van der Waals surface area contributed by atoms with Crippen molar-refractivity contribution in [3.63, 3.8) is 0 Å². The monoisotopic (exact) mass is 880 g/mol. The van der Waals surface area contributed by atoms with Crippen LogP contribution in [-0.4, -0.2) is 33.4 Å². The number of hydrogen-bond donors (Lipinski definition) is 0. The summed E-state index contributed by atoms with van der Waals surface area (Å²) >= 11 is 0. The minimum absolute atomic E-state index is 0.214. The maximum atomic E-state index is 15.5. The Morgan fingerprint density at radius 3 is 0.882 bits per heavy atom. The van der Waals surface area contributed by atoms with Crippen LogP contribution in [0.25, 0.3) is 64.6 Å². The molecule has 0 unspecified atom stereocenters. The number of benzene rings is 11. The van der Waals surface area contributed by atoms with Crippen molar-refractivity contribution in [3.8, 4) is 0 Å². The van der Waals surface area contributed by atoms with Gasteiger partial charge in [0.15, 0.2) is 0 Å². The van der Waals surface area contributed by atoms with Crippen molar-refractivity contribution in [3.05, 3.63) is 252 Å². The van der Waals surface area contributed by atoms with E-state index < -0.39 is 35.7 Å². The first kappa shape index (κ1) is 41.9. The van der Waals surface area contributed by atoms with Crippen LogP contribution in [0, 0.1) is 0 Å². The molecule has 6 heteroatoms. The summed E-state index contributed by atoms with van der Waals surface area (Å²) in [5.74, 6) is -1.92. The summed E-state index contributed by atoms with van der Waals surface area (Å²) < 4.78 is 0. The SMILES string of the molecule is C[C@@H](c1cccc2ccccc12)N(C(=O)c1ccc(C(=O)N(C(=O)c2c3ccccc3cc3ccccc23)[C@@H](C)c2cccc3ccccc23)cc1)C(=O)c1c2ccccc2cc2ccccc12. The van der Waals surface area contributed by atoms with Gasteiger partial charge in [-0.3, -0.25) is 29.0 Å². The lowest BCUT2D eigenvalue weighted by atomic mass is 9.93. The Bertz CT molecular complexity index is 3470. The van der Waals surface area contributed by atoms with Gasteiger partial charge in [0.2, 0.25) is 0 Å². The maximum Gasteiger partial charge on any atom is 0.262 e. The highest BCUT2D eigenvalue weighted by Crippen LogP contribution is 2.37. The Balaban J connectivity index is 1.03. The predicted octanol–water partition coefficient (Wildman–Crippen LogP) is 14.7. The minimum Gasteiger partial charge on any atom is -0.269 e. The van der Waals surface area contributed by atoms with E-state index in [9.17, 15) is 0 Å².